The number of pyridine rings is 1. The number of amides is 1. The van der Waals surface area contributed by atoms with Crippen molar-refractivity contribution in [2.75, 3.05) is 30.0 Å². The van der Waals surface area contributed by atoms with E-state index in [2.05, 4.69) is 21.3 Å². The Morgan fingerprint density at radius 1 is 0.978 bits per heavy atom. The van der Waals surface area contributed by atoms with Crippen LogP contribution in [0.1, 0.15) is 11.3 Å². The number of thioether (sulfide) groups is 1. The number of rotatable bonds is 11. The van der Waals surface area contributed by atoms with Crippen molar-refractivity contribution >= 4 is 39.2 Å². The van der Waals surface area contributed by atoms with Gasteiger partial charge in [-0.25, -0.2) is 13.4 Å². The van der Waals surface area contributed by atoms with Gasteiger partial charge in [0.05, 0.1) is 36.1 Å². The molecule has 0 atom stereocenters. The van der Waals surface area contributed by atoms with Gasteiger partial charge in [0.15, 0.2) is 5.82 Å². The first kappa shape index (κ1) is 31.1. The van der Waals surface area contributed by atoms with Crippen molar-refractivity contribution in [3.8, 4) is 40.0 Å². The lowest BCUT2D eigenvalue weighted by atomic mass is 9.98. The lowest BCUT2D eigenvalue weighted by molar-refractivity contribution is -0.113. The molecule has 0 aliphatic heterocycles. The molecule has 2 N–H and O–H groups in total. The van der Waals surface area contributed by atoms with Crippen molar-refractivity contribution < 1.29 is 27.2 Å². The van der Waals surface area contributed by atoms with Gasteiger partial charge in [-0.15, -0.1) is 0 Å². The van der Waals surface area contributed by atoms with Gasteiger partial charge in [0.1, 0.15) is 28.4 Å². The van der Waals surface area contributed by atoms with Crippen LogP contribution < -0.4 is 19.5 Å². The summed E-state index contributed by atoms with van der Waals surface area (Å²) in [6, 6.07) is 26.1. The number of sulfonamides is 1. The molecule has 228 valence electrons. The molecule has 11 nitrogen and oxygen atoms in total. The van der Waals surface area contributed by atoms with Crippen LogP contribution in [-0.4, -0.2) is 44.4 Å². The van der Waals surface area contributed by atoms with Crippen LogP contribution in [0.25, 0.3) is 22.4 Å². The van der Waals surface area contributed by atoms with Crippen LogP contribution in [0, 0.1) is 18.3 Å². The van der Waals surface area contributed by atoms with E-state index < -0.39 is 10.0 Å². The molecule has 45 heavy (non-hydrogen) atoms. The molecule has 2 heterocycles. The fraction of sp³-hybridized carbons (Fsp3) is 0.125. The summed E-state index contributed by atoms with van der Waals surface area (Å²) in [5, 5.41) is 17.0. The zero-order chi connectivity index (χ0) is 32.0. The maximum atomic E-state index is 13.0. The smallest absolute Gasteiger partial charge is 0.263 e. The molecule has 0 radical (unpaired) electrons. The minimum absolute atomic E-state index is 0.0170. The first-order chi connectivity index (χ1) is 21.7. The fourth-order valence-corrected chi connectivity index (χ4v) is 6.17. The highest BCUT2D eigenvalue weighted by molar-refractivity contribution is 8.00. The van der Waals surface area contributed by atoms with Crippen LogP contribution in [0.15, 0.2) is 99.4 Å². The van der Waals surface area contributed by atoms with Crippen LogP contribution >= 0.6 is 11.8 Å². The molecule has 0 aliphatic rings. The molecular weight excluding hydrogens is 615 g/mol. The van der Waals surface area contributed by atoms with Gasteiger partial charge in [-0.05, 0) is 55.5 Å². The summed E-state index contributed by atoms with van der Waals surface area (Å²) in [7, 11) is -0.802. The summed E-state index contributed by atoms with van der Waals surface area (Å²) in [4.78, 5) is 17.7. The molecule has 0 aliphatic carbocycles. The normalized spacial score (nSPS) is 11.0. The lowest BCUT2D eigenvalue weighted by Crippen LogP contribution is -2.15. The third kappa shape index (κ3) is 7.26. The molecule has 0 saturated heterocycles. The number of nitriles is 1. The SMILES string of the molecule is COc1ccc(OC)c(-c2cc(-c3ccccc3)nc(SCC(=O)Nc3ccc(S(=O)(=O)Nc4cc(C)on4)cc3)c2C#N)c1. The molecule has 1 amide bonds. The highest BCUT2D eigenvalue weighted by Crippen LogP contribution is 2.40. The standard InChI is InChI=1S/C32H27N5O6S2/c1-20-15-30(36-43-20)37-45(39,40)24-12-9-22(10-13-24)34-31(38)19-44-32-27(18-33)25(17-28(35-32)21-7-5-4-6-8-21)26-16-23(41-2)11-14-29(26)42-3/h4-17H,19H2,1-3H3,(H,34,38)(H,36,37). The number of carbonyl (C=O) groups is 1. The Labute approximate surface area is 264 Å². The van der Waals surface area contributed by atoms with Gasteiger partial charge in [-0.1, -0.05) is 47.3 Å². The maximum absolute atomic E-state index is 13.0. The van der Waals surface area contributed by atoms with E-state index in [1.807, 2.05) is 36.4 Å². The molecule has 0 spiro atoms. The van der Waals surface area contributed by atoms with E-state index in [1.54, 1.807) is 39.3 Å². The Balaban J connectivity index is 1.38. The molecule has 0 fully saturated rings. The van der Waals surface area contributed by atoms with E-state index in [4.69, 9.17) is 19.0 Å². The molecule has 2 aromatic heterocycles. The molecule has 5 aromatic rings. The van der Waals surface area contributed by atoms with Gasteiger partial charge in [-0.3, -0.25) is 9.52 Å². The van der Waals surface area contributed by atoms with E-state index >= 15 is 0 Å². The van der Waals surface area contributed by atoms with Crippen LogP contribution in [-0.2, 0) is 14.8 Å². The van der Waals surface area contributed by atoms with Gasteiger partial charge in [0.25, 0.3) is 10.0 Å². The predicted octanol–water partition coefficient (Wildman–Crippen LogP) is 6.13. The number of anilines is 2. The number of nitrogens with one attached hydrogen (secondary N) is 2. The summed E-state index contributed by atoms with van der Waals surface area (Å²) in [6.45, 7) is 1.65. The largest absolute Gasteiger partial charge is 0.497 e. The van der Waals surface area contributed by atoms with Crippen molar-refractivity contribution in [3.63, 3.8) is 0 Å². The molecule has 0 saturated carbocycles. The summed E-state index contributed by atoms with van der Waals surface area (Å²) >= 11 is 1.11. The van der Waals surface area contributed by atoms with Crippen molar-refractivity contribution in [1.29, 1.82) is 5.26 Å². The van der Waals surface area contributed by atoms with E-state index in [0.717, 1.165) is 17.3 Å². The number of methoxy groups -OCH3 is 2. The predicted molar refractivity (Wildman–Crippen MR) is 171 cm³/mol. The van der Waals surface area contributed by atoms with E-state index in [0.29, 0.717) is 44.8 Å². The van der Waals surface area contributed by atoms with Gasteiger partial charge >= 0.3 is 0 Å². The Hall–Kier alpha value is -5.32. The van der Waals surface area contributed by atoms with Crippen molar-refractivity contribution in [3.05, 3.63) is 96.3 Å². The summed E-state index contributed by atoms with van der Waals surface area (Å²) in [5.41, 5.74) is 3.34. The van der Waals surface area contributed by atoms with Crippen molar-refractivity contribution in [2.24, 2.45) is 0 Å². The van der Waals surface area contributed by atoms with Gasteiger partial charge in [-0.2, -0.15) is 5.26 Å². The van der Waals surface area contributed by atoms with Crippen LogP contribution in [0.5, 0.6) is 11.5 Å². The molecule has 0 unspecified atom stereocenters. The minimum Gasteiger partial charge on any atom is -0.497 e. The first-order valence-corrected chi connectivity index (χ1v) is 15.9. The number of ether oxygens (including phenoxy) is 2. The molecule has 13 heteroatoms. The second-order valence-corrected chi connectivity index (χ2v) is 12.2. The van der Waals surface area contributed by atoms with E-state index in [9.17, 15) is 18.5 Å². The summed E-state index contributed by atoms with van der Waals surface area (Å²) in [6.07, 6.45) is 0. The van der Waals surface area contributed by atoms with E-state index in [1.165, 1.54) is 30.3 Å². The second-order valence-electron chi connectivity index (χ2n) is 9.57. The number of aryl methyl sites for hydroxylation is 1. The average Bonchev–Trinajstić information content (AvgIpc) is 3.46. The first-order valence-electron chi connectivity index (χ1n) is 13.4. The maximum Gasteiger partial charge on any atom is 0.263 e. The zero-order valence-corrected chi connectivity index (χ0v) is 26.0. The number of carbonyl (C=O) groups excluding carboxylic acids is 1. The Morgan fingerprint density at radius 3 is 2.38 bits per heavy atom. The molecule has 0 bridgehead atoms. The van der Waals surface area contributed by atoms with Crippen molar-refractivity contribution in [1.82, 2.24) is 10.1 Å². The quantitative estimate of drug-likeness (QED) is 0.161. The van der Waals surface area contributed by atoms with Crippen molar-refractivity contribution in [2.45, 2.75) is 16.8 Å². The monoisotopic (exact) mass is 641 g/mol. The van der Waals surface area contributed by atoms with Gasteiger partial charge < -0.3 is 19.3 Å². The average molecular weight is 642 g/mol. The van der Waals surface area contributed by atoms with Crippen LogP contribution in [0.4, 0.5) is 11.5 Å². The fourth-order valence-electron chi connectivity index (χ4n) is 4.39. The minimum atomic E-state index is -3.91. The number of aromatic nitrogens is 2. The van der Waals surface area contributed by atoms with Gasteiger partial charge in [0.2, 0.25) is 5.91 Å². The zero-order valence-electron chi connectivity index (χ0n) is 24.4. The molecular formula is C32H27N5O6S2. The number of hydrogen-bond acceptors (Lipinski definition) is 10. The van der Waals surface area contributed by atoms with E-state index in [-0.39, 0.29) is 27.9 Å². The summed E-state index contributed by atoms with van der Waals surface area (Å²) in [5.74, 6) is 1.22. The molecule has 5 rings (SSSR count). The highest BCUT2D eigenvalue weighted by atomic mass is 32.2. The third-order valence-electron chi connectivity index (χ3n) is 6.52. The number of nitrogens with zero attached hydrogens (tertiary/aromatic N) is 3. The molecule has 3 aromatic carbocycles. The van der Waals surface area contributed by atoms with Crippen LogP contribution in [0.2, 0.25) is 0 Å². The number of benzene rings is 3. The second kappa shape index (κ2) is 13.5. The third-order valence-corrected chi connectivity index (χ3v) is 8.87. The Bertz CT molecular complexity index is 1990. The number of hydrogen-bond donors (Lipinski definition) is 2. The Morgan fingerprint density at radius 2 is 1.73 bits per heavy atom. The van der Waals surface area contributed by atoms with Gasteiger partial charge in [0, 0.05) is 28.4 Å². The summed E-state index contributed by atoms with van der Waals surface area (Å²) < 4.78 is 43.6. The topological polar surface area (TPSA) is 156 Å². The lowest BCUT2D eigenvalue weighted by Gasteiger charge is -2.15. The van der Waals surface area contributed by atoms with Crippen LogP contribution in [0.3, 0.4) is 0 Å². The Kier molecular flexibility index (Phi) is 9.36. The highest BCUT2D eigenvalue weighted by Gasteiger charge is 2.21.